The molecular weight excluding hydrogens is 340 g/mol. The maximum atomic E-state index is 12.8. The second-order valence-corrected chi connectivity index (χ2v) is 8.68. The van der Waals surface area contributed by atoms with Gasteiger partial charge in [0.25, 0.3) is 10.0 Å². The number of imidazole rings is 1. The third-order valence-electron chi connectivity index (χ3n) is 3.27. The fraction of sp³-hybridized carbons (Fsp3) is 0.385. The van der Waals surface area contributed by atoms with Crippen LogP contribution in [-0.2, 0) is 10.0 Å². The van der Waals surface area contributed by atoms with Crippen molar-refractivity contribution in [1.82, 2.24) is 19.3 Å². The number of hydrogen-bond acceptors (Lipinski definition) is 6. The largest absolute Gasteiger partial charge is 0.260 e. The van der Waals surface area contributed by atoms with E-state index in [1.807, 2.05) is 31.4 Å². The van der Waals surface area contributed by atoms with E-state index in [9.17, 15) is 8.42 Å². The van der Waals surface area contributed by atoms with Crippen LogP contribution in [0.2, 0.25) is 0 Å². The zero-order chi connectivity index (χ0) is 15.9. The first-order valence-corrected chi connectivity index (χ1v) is 9.99. The highest BCUT2D eigenvalue weighted by atomic mass is 32.2. The number of hydrogen-bond donors (Lipinski definition) is 1. The Morgan fingerprint density at radius 3 is 2.82 bits per heavy atom. The minimum Gasteiger partial charge on any atom is -0.221 e. The van der Waals surface area contributed by atoms with Crippen molar-refractivity contribution in [3.63, 3.8) is 0 Å². The highest BCUT2D eigenvalue weighted by Gasteiger charge is 2.28. The molecule has 6 nitrogen and oxygen atoms in total. The molecule has 22 heavy (non-hydrogen) atoms. The lowest BCUT2D eigenvalue weighted by atomic mass is 10.2. The van der Waals surface area contributed by atoms with E-state index >= 15 is 0 Å². The Morgan fingerprint density at radius 1 is 1.41 bits per heavy atom. The third-order valence-corrected chi connectivity index (χ3v) is 6.66. The molecule has 0 aliphatic rings. The van der Waals surface area contributed by atoms with Crippen molar-refractivity contribution in [1.29, 1.82) is 0 Å². The summed E-state index contributed by atoms with van der Waals surface area (Å²) in [4.78, 5) is 5.89. The normalized spacial score (nSPS) is 13.8. The molecule has 3 rings (SSSR count). The molecule has 0 radical (unpaired) electrons. The second-order valence-electron chi connectivity index (χ2n) is 4.92. The van der Waals surface area contributed by atoms with E-state index in [1.165, 1.54) is 15.9 Å². The van der Waals surface area contributed by atoms with Gasteiger partial charge in [-0.2, -0.15) is 9.61 Å². The molecule has 3 aromatic heterocycles. The van der Waals surface area contributed by atoms with Crippen molar-refractivity contribution in [2.75, 3.05) is 0 Å². The van der Waals surface area contributed by atoms with E-state index in [4.69, 9.17) is 0 Å². The summed E-state index contributed by atoms with van der Waals surface area (Å²) in [5, 5.41) is 7.10. The molecule has 118 valence electrons. The predicted molar refractivity (Wildman–Crippen MR) is 88.0 cm³/mol. The Hall–Kier alpha value is -1.29. The first-order valence-electron chi connectivity index (χ1n) is 6.81. The average molecular weight is 356 g/mol. The molecule has 0 fully saturated rings. The van der Waals surface area contributed by atoms with Gasteiger partial charge < -0.3 is 0 Å². The molecule has 3 heterocycles. The van der Waals surface area contributed by atoms with E-state index in [1.54, 1.807) is 18.3 Å². The second kappa shape index (κ2) is 5.73. The monoisotopic (exact) mass is 356 g/mol. The fourth-order valence-corrected chi connectivity index (χ4v) is 5.66. The standard InChI is InChI=1S/C13H16N4O2S3/c1-4-10(11-6-5-7-20-11)16-22(18,19)12-8(2)14-13-17(12)15-9(3)21-13/h5-7,10,16H,4H2,1-3H3/t10-/m1/s1. The van der Waals surface area contributed by atoms with Gasteiger partial charge in [0, 0.05) is 4.88 Å². The summed E-state index contributed by atoms with van der Waals surface area (Å²) < 4.78 is 29.8. The molecule has 0 bridgehead atoms. The van der Waals surface area contributed by atoms with E-state index < -0.39 is 10.0 Å². The summed E-state index contributed by atoms with van der Waals surface area (Å²) >= 11 is 2.92. The van der Waals surface area contributed by atoms with Gasteiger partial charge in [-0.15, -0.1) is 11.3 Å². The van der Waals surface area contributed by atoms with Gasteiger partial charge in [-0.05, 0) is 31.7 Å². The first kappa shape index (κ1) is 15.6. The minimum absolute atomic E-state index is 0.127. The molecular formula is C13H16N4O2S3. The average Bonchev–Trinajstić information content (AvgIpc) is 3.11. The summed E-state index contributed by atoms with van der Waals surface area (Å²) in [7, 11) is -3.70. The number of aryl methyl sites for hydroxylation is 2. The topological polar surface area (TPSA) is 76.4 Å². The third kappa shape index (κ3) is 2.69. The number of sulfonamides is 1. The Labute approximate surface area is 136 Å². The van der Waals surface area contributed by atoms with Crippen molar-refractivity contribution in [2.24, 2.45) is 0 Å². The molecule has 0 aromatic carbocycles. The Balaban J connectivity index is 2.02. The van der Waals surface area contributed by atoms with Crippen LogP contribution in [-0.4, -0.2) is 23.0 Å². The van der Waals surface area contributed by atoms with Crippen LogP contribution in [0.1, 0.15) is 35.0 Å². The summed E-state index contributed by atoms with van der Waals surface area (Å²) in [6.45, 7) is 5.48. The number of nitrogens with zero attached hydrogens (tertiary/aromatic N) is 3. The van der Waals surface area contributed by atoms with E-state index in [2.05, 4.69) is 14.8 Å². The van der Waals surface area contributed by atoms with Gasteiger partial charge in [0.05, 0.1) is 11.7 Å². The van der Waals surface area contributed by atoms with Crippen LogP contribution in [0.5, 0.6) is 0 Å². The molecule has 0 aliphatic heterocycles. The molecule has 3 aromatic rings. The zero-order valence-electron chi connectivity index (χ0n) is 12.4. The lowest BCUT2D eigenvalue weighted by molar-refractivity contribution is 0.545. The molecule has 0 aliphatic carbocycles. The van der Waals surface area contributed by atoms with Crippen LogP contribution < -0.4 is 4.72 Å². The minimum atomic E-state index is -3.70. The number of rotatable bonds is 5. The molecule has 0 saturated heterocycles. The molecule has 0 saturated carbocycles. The quantitative estimate of drug-likeness (QED) is 0.762. The summed E-state index contributed by atoms with van der Waals surface area (Å²) in [5.74, 6) is 0. The van der Waals surface area contributed by atoms with E-state index in [0.29, 0.717) is 17.1 Å². The van der Waals surface area contributed by atoms with E-state index in [-0.39, 0.29) is 11.1 Å². The van der Waals surface area contributed by atoms with Gasteiger partial charge in [-0.25, -0.2) is 18.1 Å². The van der Waals surface area contributed by atoms with Crippen molar-refractivity contribution in [3.05, 3.63) is 33.1 Å². The van der Waals surface area contributed by atoms with Crippen LogP contribution in [0, 0.1) is 13.8 Å². The summed E-state index contributed by atoms with van der Waals surface area (Å²) in [6, 6.07) is 3.62. The highest BCUT2D eigenvalue weighted by Crippen LogP contribution is 2.26. The molecule has 1 N–H and O–H groups in total. The predicted octanol–water partition coefficient (Wildman–Crippen LogP) is 2.90. The Morgan fingerprint density at radius 2 is 2.18 bits per heavy atom. The van der Waals surface area contributed by atoms with Crippen LogP contribution in [0.4, 0.5) is 0 Å². The Bertz CT molecular complexity index is 893. The van der Waals surface area contributed by atoms with E-state index in [0.717, 1.165) is 9.88 Å². The van der Waals surface area contributed by atoms with Crippen molar-refractivity contribution < 1.29 is 8.42 Å². The SMILES string of the molecule is CC[C@@H](NS(=O)(=O)c1c(C)nc2sc(C)nn12)c1cccs1. The lowest BCUT2D eigenvalue weighted by Crippen LogP contribution is -2.29. The smallest absolute Gasteiger partial charge is 0.221 e. The van der Waals surface area contributed by atoms with Crippen molar-refractivity contribution in [3.8, 4) is 0 Å². The number of thiophene rings is 1. The number of nitrogens with one attached hydrogen (secondary N) is 1. The highest BCUT2D eigenvalue weighted by molar-refractivity contribution is 7.89. The number of aromatic nitrogens is 3. The van der Waals surface area contributed by atoms with Gasteiger partial charge in [-0.3, -0.25) is 0 Å². The van der Waals surface area contributed by atoms with Gasteiger partial charge in [0.15, 0.2) is 5.03 Å². The molecule has 1 atom stereocenters. The first-order chi connectivity index (χ1) is 10.4. The van der Waals surface area contributed by atoms with Crippen LogP contribution in [0.15, 0.2) is 22.5 Å². The van der Waals surface area contributed by atoms with Gasteiger partial charge in [0.1, 0.15) is 5.01 Å². The summed E-state index contributed by atoms with van der Waals surface area (Å²) in [5.41, 5.74) is 0.465. The van der Waals surface area contributed by atoms with Crippen LogP contribution in [0.3, 0.4) is 0 Å². The molecule has 0 spiro atoms. The van der Waals surface area contributed by atoms with Crippen LogP contribution >= 0.6 is 22.7 Å². The number of fused-ring (bicyclic) bond motifs is 1. The van der Waals surface area contributed by atoms with Gasteiger partial charge in [-0.1, -0.05) is 24.3 Å². The summed E-state index contributed by atoms with van der Waals surface area (Å²) in [6.07, 6.45) is 0.677. The van der Waals surface area contributed by atoms with Gasteiger partial charge in [0.2, 0.25) is 4.96 Å². The molecule has 0 amide bonds. The van der Waals surface area contributed by atoms with Gasteiger partial charge >= 0.3 is 0 Å². The van der Waals surface area contributed by atoms with Crippen molar-refractivity contribution >= 4 is 37.7 Å². The molecule has 0 unspecified atom stereocenters. The molecule has 9 heteroatoms. The van der Waals surface area contributed by atoms with Crippen molar-refractivity contribution in [2.45, 2.75) is 38.3 Å². The lowest BCUT2D eigenvalue weighted by Gasteiger charge is -2.15. The van der Waals surface area contributed by atoms with Crippen LogP contribution in [0.25, 0.3) is 4.96 Å². The Kier molecular flexibility index (Phi) is 4.06. The maximum absolute atomic E-state index is 12.8. The fourth-order valence-electron chi connectivity index (χ4n) is 2.31. The maximum Gasteiger partial charge on any atom is 0.260 e. The zero-order valence-corrected chi connectivity index (χ0v) is 14.8.